The van der Waals surface area contributed by atoms with Crippen molar-refractivity contribution in [2.24, 2.45) is 5.73 Å². The molecule has 3 aromatic rings. The van der Waals surface area contributed by atoms with Crippen LogP contribution in [0.25, 0.3) is 11.2 Å². The number of hydrogen-bond donors (Lipinski definition) is 4. The van der Waals surface area contributed by atoms with Crippen molar-refractivity contribution >= 4 is 71.1 Å². The molecule has 0 radical (unpaired) electrons. The van der Waals surface area contributed by atoms with Gasteiger partial charge in [-0.15, -0.1) is 29.9 Å². The number of para-hydroxylation sites is 1. The maximum atomic E-state index is 12.5. The van der Waals surface area contributed by atoms with Gasteiger partial charge in [0.25, 0.3) is 0 Å². The number of benzene rings is 1. The third kappa shape index (κ3) is 7.94. The molecule has 43 heavy (non-hydrogen) atoms. The molecule has 3 aliphatic rings. The molecular formula is C29H42Cl3N9O2. The summed E-state index contributed by atoms with van der Waals surface area (Å²) in [6, 6.07) is 6.70. The Morgan fingerprint density at radius 3 is 2.37 bits per heavy atom. The van der Waals surface area contributed by atoms with Crippen molar-refractivity contribution in [3.63, 3.8) is 0 Å². The summed E-state index contributed by atoms with van der Waals surface area (Å²) < 4.78 is 2.24. The van der Waals surface area contributed by atoms with E-state index in [9.17, 15) is 4.79 Å². The minimum absolute atomic E-state index is 0. The molecule has 1 amide bonds. The standard InChI is InChI=1S/C29H40ClN9O2.2ClH/c1-18-5-4-8-23(30)24(18)35-29(40)41-38-15-13-21(14-16-38)33-26-25-27(39(17-32-25)22-6-2-3-7-22)37-28(36-26)34-20-11-9-19(31)10-12-20;;/h4-5,8,17,19-22H,2-3,6-7,9-16,31H2,1H3,(H,35,40)(H2,33,34,36,37);2*1H. The second kappa shape index (κ2) is 14.9. The highest BCUT2D eigenvalue weighted by Crippen LogP contribution is 2.34. The summed E-state index contributed by atoms with van der Waals surface area (Å²) in [5, 5.41) is 12.2. The number of hydroxylamine groups is 2. The molecule has 5 N–H and O–H groups in total. The number of aryl methyl sites for hydroxylation is 1. The van der Waals surface area contributed by atoms with E-state index in [1.54, 1.807) is 11.1 Å². The topological polar surface area (TPSA) is 135 Å². The van der Waals surface area contributed by atoms with Gasteiger partial charge in [0.1, 0.15) is 0 Å². The zero-order chi connectivity index (χ0) is 28.3. The van der Waals surface area contributed by atoms with E-state index >= 15 is 0 Å². The van der Waals surface area contributed by atoms with E-state index in [1.165, 1.54) is 12.8 Å². The van der Waals surface area contributed by atoms with Crippen molar-refractivity contribution in [2.75, 3.05) is 29.0 Å². The van der Waals surface area contributed by atoms with Crippen molar-refractivity contribution in [2.45, 2.75) is 95.3 Å². The number of piperidine rings is 1. The molecule has 0 atom stereocenters. The van der Waals surface area contributed by atoms with E-state index in [2.05, 4.69) is 20.5 Å². The SMILES string of the molecule is Cc1cccc(Cl)c1NC(=O)ON1CCC(Nc2nc(NC3CCC(N)CC3)nc3c2ncn3C2CCCC2)CC1.Cl.Cl. The maximum Gasteiger partial charge on any atom is 0.430 e. The minimum Gasteiger partial charge on any atom is -0.365 e. The quantitative estimate of drug-likeness (QED) is 0.226. The van der Waals surface area contributed by atoms with Crippen molar-refractivity contribution in [1.29, 1.82) is 0 Å². The number of carbonyl (C=O) groups excluding carboxylic acids is 1. The highest BCUT2D eigenvalue weighted by atomic mass is 35.5. The molecule has 1 aliphatic heterocycles. The first-order valence-electron chi connectivity index (χ1n) is 14.9. The lowest BCUT2D eigenvalue weighted by atomic mass is 9.92. The van der Waals surface area contributed by atoms with Crippen molar-refractivity contribution in [3.05, 3.63) is 35.1 Å². The summed E-state index contributed by atoms with van der Waals surface area (Å²) in [6.07, 6.45) is 11.8. The summed E-state index contributed by atoms with van der Waals surface area (Å²) in [4.78, 5) is 32.8. The number of amides is 1. The van der Waals surface area contributed by atoms with E-state index in [1.807, 2.05) is 25.4 Å². The Labute approximate surface area is 269 Å². The molecule has 1 saturated heterocycles. The van der Waals surface area contributed by atoms with Gasteiger partial charge in [-0.3, -0.25) is 5.32 Å². The number of halogens is 3. The Morgan fingerprint density at radius 2 is 1.67 bits per heavy atom. The number of hydrogen-bond acceptors (Lipinski definition) is 9. The fourth-order valence-corrected chi connectivity index (χ4v) is 6.56. The first kappa shape index (κ1) is 33.3. The zero-order valence-electron chi connectivity index (χ0n) is 24.4. The van der Waals surface area contributed by atoms with Crippen LogP contribution in [-0.2, 0) is 4.84 Å². The fourth-order valence-electron chi connectivity index (χ4n) is 6.29. The first-order valence-corrected chi connectivity index (χ1v) is 15.3. The molecule has 6 rings (SSSR count). The lowest BCUT2D eigenvalue weighted by Gasteiger charge is -2.31. The summed E-state index contributed by atoms with van der Waals surface area (Å²) in [6.45, 7) is 3.10. The van der Waals surface area contributed by atoms with Crippen LogP contribution in [0, 0.1) is 6.92 Å². The van der Waals surface area contributed by atoms with Crippen LogP contribution >= 0.6 is 36.4 Å². The minimum atomic E-state index is -0.540. The van der Waals surface area contributed by atoms with Gasteiger partial charge in [-0.1, -0.05) is 36.6 Å². The van der Waals surface area contributed by atoms with Crippen LogP contribution in [0.5, 0.6) is 0 Å². The van der Waals surface area contributed by atoms with Crippen molar-refractivity contribution in [1.82, 2.24) is 24.6 Å². The number of rotatable bonds is 7. The van der Waals surface area contributed by atoms with Crippen LogP contribution in [0.3, 0.4) is 0 Å². The molecule has 3 fully saturated rings. The largest absolute Gasteiger partial charge is 0.430 e. The second-order valence-electron chi connectivity index (χ2n) is 11.7. The molecular weight excluding hydrogens is 613 g/mol. The lowest BCUT2D eigenvalue weighted by molar-refractivity contribution is -0.107. The third-order valence-electron chi connectivity index (χ3n) is 8.70. The molecule has 0 bridgehead atoms. The molecule has 2 aliphatic carbocycles. The maximum absolute atomic E-state index is 12.5. The molecule has 14 heteroatoms. The average molecular weight is 655 g/mol. The summed E-state index contributed by atoms with van der Waals surface area (Å²) in [7, 11) is 0. The number of aromatic nitrogens is 4. The van der Waals surface area contributed by atoms with Crippen LogP contribution in [0.1, 0.15) is 75.8 Å². The summed E-state index contributed by atoms with van der Waals surface area (Å²) in [5.41, 5.74) is 9.27. The first-order chi connectivity index (χ1) is 19.9. The van der Waals surface area contributed by atoms with Gasteiger partial charge in [0.2, 0.25) is 5.95 Å². The van der Waals surface area contributed by atoms with Gasteiger partial charge in [0, 0.05) is 37.3 Å². The van der Waals surface area contributed by atoms with Gasteiger partial charge in [0.05, 0.1) is 17.0 Å². The Morgan fingerprint density at radius 1 is 0.977 bits per heavy atom. The van der Waals surface area contributed by atoms with Crippen LogP contribution in [0.2, 0.25) is 5.02 Å². The van der Waals surface area contributed by atoms with Gasteiger partial charge in [-0.05, 0) is 69.9 Å². The van der Waals surface area contributed by atoms with E-state index in [4.69, 9.17) is 37.1 Å². The fraction of sp³-hybridized carbons (Fsp3) is 0.586. The van der Waals surface area contributed by atoms with E-state index < -0.39 is 6.09 Å². The van der Waals surface area contributed by atoms with Gasteiger partial charge in [0.15, 0.2) is 17.0 Å². The number of anilines is 3. The number of nitrogens with two attached hydrogens (primary N) is 1. The molecule has 11 nitrogen and oxygen atoms in total. The molecule has 0 unspecified atom stereocenters. The van der Waals surface area contributed by atoms with Gasteiger partial charge >= 0.3 is 6.09 Å². The lowest BCUT2D eigenvalue weighted by Crippen LogP contribution is -2.41. The second-order valence-corrected chi connectivity index (χ2v) is 12.1. The van der Waals surface area contributed by atoms with Gasteiger partial charge in [-0.2, -0.15) is 9.97 Å². The number of imidazole rings is 1. The van der Waals surface area contributed by atoms with E-state index in [0.717, 1.165) is 73.9 Å². The Hall–Kier alpha value is -2.57. The summed E-state index contributed by atoms with van der Waals surface area (Å²) in [5.74, 6) is 1.40. The third-order valence-corrected chi connectivity index (χ3v) is 9.02. The van der Waals surface area contributed by atoms with E-state index in [0.29, 0.717) is 47.9 Å². The smallest absolute Gasteiger partial charge is 0.365 e. The number of nitrogens with one attached hydrogen (secondary N) is 3. The summed E-state index contributed by atoms with van der Waals surface area (Å²) >= 11 is 6.24. The predicted octanol–water partition coefficient (Wildman–Crippen LogP) is 6.47. The number of nitrogens with zero attached hydrogens (tertiary/aromatic N) is 5. The monoisotopic (exact) mass is 653 g/mol. The van der Waals surface area contributed by atoms with Crippen molar-refractivity contribution in [3.8, 4) is 0 Å². The molecule has 2 aromatic heterocycles. The molecule has 0 spiro atoms. The molecule has 236 valence electrons. The highest BCUT2D eigenvalue weighted by Gasteiger charge is 2.27. The van der Waals surface area contributed by atoms with Crippen LogP contribution in [0.4, 0.5) is 22.2 Å². The normalized spacial score (nSPS) is 21.6. The molecule has 2 saturated carbocycles. The molecule has 1 aromatic carbocycles. The Balaban J connectivity index is 0.00000212. The van der Waals surface area contributed by atoms with Gasteiger partial charge < -0.3 is 25.8 Å². The van der Waals surface area contributed by atoms with Gasteiger partial charge in [-0.25, -0.2) is 9.78 Å². The Bertz CT molecular complexity index is 1350. The highest BCUT2D eigenvalue weighted by molar-refractivity contribution is 6.33. The van der Waals surface area contributed by atoms with Crippen LogP contribution in [-0.4, -0.2) is 61.9 Å². The predicted molar refractivity (Wildman–Crippen MR) is 176 cm³/mol. The van der Waals surface area contributed by atoms with Crippen LogP contribution in [0.15, 0.2) is 24.5 Å². The van der Waals surface area contributed by atoms with Crippen LogP contribution < -0.4 is 21.7 Å². The zero-order valence-corrected chi connectivity index (χ0v) is 26.8. The van der Waals surface area contributed by atoms with Crippen molar-refractivity contribution < 1.29 is 9.63 Å². The Kier molecular flexibility index (Phi) is 11.6. The van der Waals surface area contributed by atoms with E-state index in [-0.39, 0.29) is 30.9 Å². The number of carbonyl (C=O) groups is 1. The molecule has 3 heterocycles. The number of fused-ring (bicyclic) bond motifs is 1. The average Bonchev–Trinajstić information content (AvgIpc) is 3.64.